The van der Waals surface area contributed by atoms with Gasteiger partial charge in [-0.3, -0.25) is 10.1 Å². The smallest absolute Gasteiger partial charge is 0.373 e. The maximum atomic E-state index is 11.6. The van der Waals surface area contributed by atoms with Crippen molar-refractivity contribution in [3.05, 3.63) is 58.9 Å². The van der Waals surface area contributed by atoms with E-state index in [1.54, 1.807) is 6.07 Å². The van der Waals surface area contributed by atoms with Crippen LogP contribution >= 0.6 is 0 Å². The standard InChI is InChI=1S/C18H18N4O3/c1-3-12(2)21-17-16(22(23)24)18(20-11-19-17)25-15-10-6-8-13-7-4-5-9-14(13)15/h4-12H,3H2,1-2H3,(H,19,20,21). The van der Waals surface area contributed by atoms with Gasteiger partial charge in [0.05, 0.1) is 4.92 Å². The molecule has 1 unspecified atom stereocenters. The second kappa shape index (κ2) is 7.12. The Bertz CT molecular complexity index is 908. The number of anilines is 1. The lowest BCUT2D eigenvalue weighted by Crippen LogP contribution is -2.16. The second-order valence-electron chi connectivity index (χ2n) is 5.67. The van der Waals surface area contributed by atoms with Gasteiger partial charge in [0.2, 0.25) is 5.82 Å². The molecule has 1 heterocycles. The monoisotopic (exact) mass is 338 g/mol. The molecule has 128 valence electrons. The maximum absolute atomic E-state index is 11.6. The summed E-state index contributed by atoms with van der Waals surface area (Å²) in [4.78, 5) is 19.0. The number of nitrogens with zero attached hydrogens (tertiary/aromatic N) is 3. The fourth-order valence-electron chi connectivity index (χ4n) is 2.43. The van der Waals surface area contributed by atoms with Crippen LogP contribution in [0.1, 0.15) is 20.3 Å². The highest BCUT2D eigenvalue weighted by molar-refractivity contribution is 5.88. The van der Waals surface area contributed by atoms with Gasteiger partial charge < -0.3 is 10.1 Å². The Labute approximate surface area is 144 Å². The van der Waals surface area contributed by atoms with Gasteiger partial charge in [-0.05, 0) is 24.8 Å². The number of fused-ring (bicyclic) bond motifs is 1. The summed E-state index contributed by atoms with van der Waals surface area (Å²) in [6.07, 6.45) is 2.07. The van der Waals surface area contributed by atoms with Crippen molar-refractivity contribution < 1.29 is 9.66 Å². The van der Waals surface area contributed by atoms with E-state index in [-0.39, 0.29) is 23.4 Å². The first kappa shape index (κ1) is 16.6. The van der Waals surface area contributed by atoms with E-state index in [4.69, 9.17) is 4.74 Å². The maximum Gasteiger partial charge on any atom is 0.373 e. The van der Waals surface area contributed by atoms with E-state index >= 15 is 0 Å². The number of hydrogen-bond donors (Lipinski definition) is 1. The fraction of sp³-hybridized carbons (Fsp3) is 0.222. The zero-order valence-electron chi connectivity index (χ0n) is 14.0. The van der Waals surface area contributed by atoms with Crippen LogP contribution in [-0.4, -0.2) is 20.9 Å². The topological polar surface area (TPSA) is 90.2 Å². The summed E-state index contributed by atoms with van der Waals surface area (Å²) in [6.45, 7) is 3.91. The van der Waals surface area contributed by atoms with Crippen LogP contribution in [0, 0.1) is 10.1 Å². The molecular weight excluding hydrogens is 320 g/mol. The molecule has 3 aromatic rings. The Morgan fingerprint density at radius 3 is 2.72 bits per heavy atom. The number of hydrogen-bond acceptors (Lipinski definition) is 6. The number of benzene rings is 2. The quantitative estimate of drug-likeness (QED) is 0.524. The third-order valence-electron chi connectivity index (χ3n) is 3.92. The highest BCUT2D eigenvalue weighted by atomic mass is 16.6. The zero-order chi connectivity index (χ0) is 17.8. The third-order valence-corrected chi connectivity index (χ3v) is 3.92. The van der Waals surface area contributed by atoms with Crippen molar-refractivity contribution in [3.63, 3.8) is 0 Å². The first-order chi connectivity index (χ1) is 12.1. The number of nitro groups is 1. The van der Waals surface area contributed by atoms with Crippen LogP contribution in [0.2, 0.25) is 0 Å². The number of ether oxygens (including phenoxy) is 1. The summed E-state index contributed by atoms with van der Waals surface area (Å²) in [6, 6.07) is 13.2. The first-order valence-corrected chi connectivity index (χ1v) is 8.01. The first-order valence-electron chi connectivity index (χ1n) is 8.01. The highest BCUT2D eigenvalue weighted by Gasteiger charge is 2.26. The van der Waals surface area contributed by atoms with E-state index < -0.39 is 4.92 Å². The lowest BCUT2D eigenvalue weighted by atomic mass is 10.1. The highest BCUT2D eigenvalue weighted by Crippen LogP contribution is 2.36. The number of rotatable bonds is 6. The van der Waals surface area contributed by atoms with Gasteiger partial charge in [0.15, 0.2) is 0 Å². The van der Waals surface area contributed by atoms with Crippen molar-refractivity contribution in [2.45, 2.75) is 26.3 Å². The predicted molar refractivity (Wildman–Crippen MR) is 96.1 cm³/mol. The molecule has 0 spiro atoms. The molecule has 0 fully saturated rings. The third kappa shape index (κ3) is 3.50. The van der Waals surface area contributed by atoms with Gasteiger partial charge in [-0.2, -0.15) is 4.98 Å². The summed E-state index contributed by atoms with van der Waals surface area (Å²) in [5.41, 5.74) is -0.268. The Kier molecular flexibility index (Phi) is 4.74. The van der Waals surface area contributed by atoms with Gasteiger partial charge in [-0.25, -0.2) is 4.98 Å². The van der Waals surface area contributed by atoms with Crippen molar-refractivity contribution >= 4 is 22.3 Å². The Morgan fingerprint density at radius 1 is 1.20 bits per heavy atom. The normalized spacial score (nSPS) is 11.9. The van der Waals surface area contributed by atoms with Gasteiger partial charge in [-0.15, -0.1) is 0 Å². The van der Waals surface area contributed by atoms with Crippen LogP contribution in [-0.2, 0) is 0 Å². The van der Waals surface area contributed by atoms with E-state index in [0.717, 1.165) is 17.2 Å². The molecule has 1 atom stereocenters. The van der Waals surface area contributed by atoms with E-state index in [2.05, 4.69) is 15.3 Å². The fourth-order valence-corrected chi connectivity index (χ4v) is 2.43. The average Bonchev–Trinajstić information content (AvgIpc) is 2.62. The number of aromatic nitrogens is 2. The minimum Gasteiger partial charge on any atom is -0.433 e. The molecule has 7 nitrogen and oxygen atoms in total. The van der Waals surface area contributed by atoms with Crippen molar-refractivity contribution in [3.8, 4) is 11.6 Å². The largest absolute Gasteiger partial charge is 0.433 e. The van der Waals surface area contributed by atoms with Gasteiger partial charge in [0, 0.05) is 11.4 Å². The van der Waals surface area contributed by atoms with Crippen molar-refractivity contribution in [2.24, 2.45) is 0 Å². The molecule has 0 radical (unpaired) electrons. The van der Waals surface area contributed by atoms with Gasteiger partial charge >= 0.3 is 11.6 Å². The predicted octanol–water partition coefficient (Wildman–Crippen LogP) is 4.54. The lowest BCUT2D eigenvalue weighted by Gasteiger charge is -2.13. The molecule has 0 aliphatic carbocycles. The molecule has 0 saturated carbocycles. The minimum atomic E-state index is -0.523. The van der Waals surface area contributed by atoms with Crippen LogP contribution in [0.15, 0.2) is 48.8 Å². The molecule has 3 rings (SSSR count). The molecule has 1 N–H and O–H groups in total. The number of nitrogens with one attached hydrogen (secondary N) is 1. The molecule has 1 aromatic heterocycles. The molecule has 0 saturated heterocycles. The van der Waals surface area contributed by atoms with Crippen molar-refractivity contribution in [1.29, 1.82) is 0 Å². The van der Waals surface area contributed by atoms with E-state index in [1.807, 2.05) is 50.2 Å². The molecule has 0 aliphatic heterocycles. The Morgan fingerprint density at radius 2 is 1.96 bits per heavy atom. The summed E-state index contributed by atoms with van der Waals surface area (Å²) in [5.74, 6) is 0.584. The molecule has 25 heavy (non-hydrogen) atoms. The summed E-state index contributed by atoms with van der Waals surface area (Å²) < 4.78 is 5.81. The Balaban J connectivity index is 2.04. The molecule has 0 bridgehead atoms. The minimum absolute atomic E-state index is 0.0407. The van der Waals surface area contributed by atoms with Crippen LogP contribution in [0.3, 0.4) is 0 Å². The lowest BCUT2D eigenvalue weighted by molar-refractivity contribution is -0.385. The SMILES string of the molecule is CCC(C)Nc1ncnc(Oc2cccc3ccccc23)c1[N+](=O)[O-]. The van der Waals surface area contributed by atoms with Crippen LogP contribution in [0.25, 0.3) is 10.8 Å². The molecule has 7 heteroatoms. The average molecular weight is 338 g/mol. The molecule has 0 amide bonds. The van der Waals surface area contributed by atoms with Crippen LogP contribution in [0.4, 0.5) is 11.5 Å². The summed E-state index contributed by atoms with van der Waals surface area (Å²) in [5, 5.41) is 16.4. The van der Waals surface area contributed by atoms with Gasteiger partial charge in [-0.1, -0.05) is 43.3 Å². The van der Waals surface area contributed by atoms with Gasteiger partial charge in [0.1, 0.15) is 12.1 Å². The van der Waals surface area contributed by atoms with Crippen LogP contribution < -0.4 is 10.1 Å². The van der Waals surface area contributed by atoms with Gasteiger partial charge in [0.25, 0.3) is 0 Å². The van der Waals surface area contributed by atoms with E-state index in [9.17, 15) is 10.1 Å². The molecule has 2 aromatic carbocycles. The summed E-state index contributed by atoms with van der Waals surface area (Å²) in [7, 11) is 0. The van der Waals surface area contributed by atoms with E-state index in [0.29, 0.717) is 5.75 Å². The van der Waals surface area contributed by atoms with E-state index in [1.165, 1.54) is 6.33 Å². The van der Waals surface area contributed by atoms with Crippen molar-refractivity contribution in [1.82, 2.24) is 9.97 Å². The second-order valence-corrected chi connectivity index (χ2v) is 5.67. The molecule has 0 aliphatic rings. The van der Waals surface area contributed by atoms with Crippen molar-refractivity contribution in [2.75, 3.05) is 5.32 Å². The molecular formula is C18H18N4O3. The summed E-state index contributed by atoms with van der Waals surface area (Å²) >= 11 is 0. The zero-order valence-corrected chi connectivity index (χ0v) is 14.0. The Hall–Kier alpha value is -3.22. The van der Waals surface area contributed by atoms with Crippen LogP contribution in [0.5, 0.6) is 11.6 Å².